The van der Waals surface area contributed by atoms with E-state index < -0.39 is 5.92 Å². The molecule has 9 heteroatoms. The lowest BCUT2D eigenvalue weighted by molar-refractivity contribution is -0.965. The fourth-order valence-electron chi connectivity index (χ4n) is 6.68. The first-order chi connectivity index (χ1) is 16.0. The maximum absolute atomic E-state index is 13.5. The Labute approximate surface area is 197 Å². The van der Waals surface area contributed by atoms with Crippen LogP contribution in [0.2, 0.25) is 0 Å². The van der Waals surface area contributed by atoms with Crippen molar-refractivity contribution in [1.29, 1.82) is 0 Å². The monoisotopic (exact) mass is 467 g/mol. The molecule has 0 bridgehead atoms. The molecule has 3 aliphatic heterocycles. The van der Waals surface area contributed by atoms with E-state index in [-0.39, 0.29) is 48.5 Å². The van der Waals surface area contributed by atoms with Gasteiger partial charge in [0.2, 0.25) is 5.91 Å². The van der Waals surface area contributed by atoms with Gasteiger partial charge in [0.05, 0.1) is 31.5 Å². The maximum atomic E-state index is 13.5. The summed E-state index contributed by atoms with van der Waals surface area (Å²) in [6.07, 6.45) is 7.60. The van der Waals surface area contributed by atoms with Crippen LogP contribution >= 0.6 is 0 Å². The molecule has 3 heterocycles. The summed E-state index contributed by atoms with van der Waals surface area (Å²) in [5, 5.41) is 3.77. The Hall–Kier alpha value is -1.26. The Morgan fingerprint density at radius 1 is 1.15 bits per heavy atom. The van der Waals surface area contributed by atoms with E-state index in [9.17, 15) is 9.59 Å². The van der Waals surface area contributed by atoms with Crippen molar-refractivity contribution in [3.63, 3.8) is 0 Å². The van der Waals surface area contributed by atoms with Gasteiger partial charge in [0.15, 0.2) is 12.3 Å². The fraction of sp³-hybridized carbons (Fsp3) is 0.917. The van der Waals surface area contributed by atoms with Gasteiger partial charge >= 0.3 is 5.97 Å². The number of methoxy groups -OCH3 is 2. The van der Waals surface area contributed by atoms with E-state index in [0.29, 0.717) is 18.9 Å². The van der Waals surface area contributed by atoms with Crippen LogP contribution in [0.3, 0.4) is 0 Å². The van der Waals surface area contributed by atoms with Gasteiger partial charge in [-0.3, -0.25) is 15.3 Å². The molecule has 0 radical (unpaired) electrons. The molecule has 4 aliphatic rings. The topological polar surface area (TPSA) is 108 Å². The van der Waals surface area contributed by atoms with Crippen LogP contribution in [0.4, 0.5) is 0 Å². The highest BCUT2D eigenvalue weighted by molar-refractivity contribution is 5.82. The molecule has 0 aromatic carbocycles. The quantitative estimate of drug-likeness (QED) is 0.447. The third-order valence-corrected chi connectivity index (χ3v) is 8.52. The van der Waals surface area contributed by atoms with Crippen molar-refractivity contribution in [2.24, 2.45) is 23.5 Å². The predicted molar refractivity (Wildman–Crippen MR) is 122 cm³/mol. The molecule has 0 spiro atoms. The smallest absolute Gasteiger partial charge is 0.316 e. The molecule has 9 unspecified atom stereocenters. The lowest BCUT2D eigenvalue weighted by Gasteiger charge is -2.52. The zero-order valence-corrected chi connectivity index (χ0v) is 20.5. The average molecular weight is 468 g/mol. The van der Waals surface area contributed by atoms with Gasteiger partial charge in [-0.15, -0.1) is 0 Å². The molecule has 1 aliphatic carbocycles. The number of esters is 1. The molecule has 9 atom stereocenters. The number of carbonyl (C=O) groups excluding carboxylic acids is 2. The lowest BCUT2D eigenvalue weighted by Crippen LogP contribution is -3.26. The highest BCUT2D eigenvalue weighted by atomic mass is 16.5. The number of hydrogen-bond acceptors (Lipinski definition) is 7. The minimum absolute atomic E-state index is 0.0499. The van der Waals surface area contributed by atoms with Crippen molar-refractivity contribution in [3.8, 4) is 0 Å². The van der Waals surface area contributed by atoms with Gasteiger partial charge in [-0.1, -0.05) is 0 Å². The van der Waals surface area contributed by atoms with Gasteiger partial charge in [0, 0.05) is 20.8 Å². The Morgan fingerprint density at radius 2 is 1.94 bits per heavy atom. The number of likely N-dealkylation sites (tertiary alicyclic amines) is 1. The first-order valence-electron chi connectivity index (χ1n) is 12.9. The molecular formula is C24H43N4O5+. The Balaban J connectivity index is 1.49. The fourth-order valence-corrected chi connectivity index (χ4v) is 6.68. The van der Waals surface area contributed by atoms with Gasteiger partial charge in [-0.2, -0.15) is 0 Å². The maximum Gasteiger partial charge on any atom is 0.316 e. The molecular weight excluding hydrogens is 424 g/mol. The zero-order valence-electron chi connectivity index (χ0n) is 20.5. The van der Waals surface area contributed by atoms with Crippen molar-refractivity contribution in [2.45, 2.75) is 89.0 Å². The van der Waals surface area contributed by atoms with Crippen LogP contribution in [0.5, 0.6) is 0 Å². The number of quaternary nitrogens is 1. The van der Waals surface area contributed by atoms with Crippen molar-refractivity contribution < 1.29 is 28.7 Å². The van der Waals surface area contributed by atoms with E-state index in [0.717, 1.165) is 62.9 Å². The van der Waals surface area contributed by atoms with Crippen LogP contribution in [0.15, 0.2) is 0 Å². The van der Waals surface area contributed by atoms with E-state index >= 15 is 0 Å². The number of nitrogens with two attached hydrogens (primary N) is 1. The van der Waals surface area contributed by atoms with Gasteiger partial charge in [0.1, 0.15) is 11.8 Å². The van der Waals surface area contributed by atoms with Crippen molar-refractivity contribution >= 4 is 11.9 Å². The minimum atomic E-state index is -0.454. The molecule has 4 N–H and O–H groups in total. The average Bonchev–Trinajstić information content (AvgIpc) is 2.83. The molecule has 0 aromatic heterocycles. The second kappa shape index (κ2) is 11.0. The molecule has 4 fully saturated rings. The number of fused-ring (bicyclic) bond motifs is 2. The SMILES string of the molecule is CCOC(=O)C1CC2C(=O)N3CCCCC3NC2[NH+](CCC2CCC(OC)C(OC)C2)C1N. The van der Waals surface area contributed by atoms with Crippen molar-refractivity contribution in [2.75, 3.05) is 33.9 Å². The van der Waals surface area contributed by atoms with Gasteiger partial charge in [-0.05, 0) is 64.2 Å². The van der Waals surface area contributed by atoms with Crippen molar-refractivity contribution in [3.05, 3.63) is 0 Å². The predicted octanol–water partition coefficient (Wildman–Crippen LogP) is -0.157. The molecule has 4 rings (SSSR count). The van der Waals surface area contributed by atoms with Crippen LogP contribution in [0.25, 0.3) is 0 Å². The van der Waals surface area contributed by atoms with E-state index in [1.807, 2.05) is 11.8 Å². The number of amides is 1. The molecule has 9 nitrogen and oxygen atoms in total. The van der Waals surface area contributed by atoms with Gasteiger partial charge in [0.25, 0.3) is 0 Å². The number of nitrogens with one attached hydrogen (secondary N) is 2. The highest BCUT2D eigenvalue weighted by Gasteiger charge is 2.55. The lowest BCUT2D eigenvalue weighted by atomic mass is 9.79. The summed E-state index contributed by atoms with van der Waals surface area (Å²) in [7, 11) is 3.51. The van der Waals surface area contributed by atoms with E-state index in [1.54, 1.807) is 14.2 Å². The summed E-state index contributed by atoms with van der Waals surface area (Å²) in [5.41, 5.74) is 6.74. The Kier molecular flexibility index (Phi) is 8.28. The molecule has 188 valence electrons. The normalized spacial score (nSPS) is 41.3. The largest absolute Gasteiger partial charge is 0.466 e. The molecule has 0 aromatic rings. The molecule has 33 heavy (non-hydrogen) atoms. The van der Waals surface area contributed by atoms with Crippen LogP contribution in [0.1, 0.15) is 58.3 Å². The second-order valence-corrected chi connectivity index (χ2v) is 10.3. The molecule has 3 saturated heterocycles. The van der Waals surface area contributed by atoms with Crippen molar-refractivity contribution in [1.82, 2.24) is 10.2 Å². The van der Waals surface area contributed by atoms with Crippen LogP contribution in [0, 0.1) is 17.8 Å². The summed E-state index contributed by atoms with van der Waals surface area (Å²) in [6.45, 7) is 3.76. The van der Waals surface area contributed by atoms with E-state index in [2.05, 4.69) is 5.32 Å². The van der Waals surface area contributed by atoms with Crippen LogP contribution < -0.4 is 16.0 Å². The first kappa shape index (κ1) is 24.9. The van der Waals surface area contributed by atoms with Crippen LogP contribution in [-0.4, -0.2) is 81.4 Å². The minimum Gasteiger partial charge on any atom is -0.466 e. The highest BCUT2D eigenvalue weighted by Crippen LogP contribution is 2.32. The second-order valence-electron chi connectivity index (χ2n) is 10.3. The van der Waals surface area contributed by atoms with E-state index in [4.69, 9.17) is 19.9 Å². The number of nitrogens with zero attached hydrogens (tertiary/aromatic N) is 1. The number of piperidine rings is 2. The summed E-state index contributed by atoms with van der Waals surface area (Å²) in [5.74, 6) is -0.256. The summed E-state index contributed by atoms with van der Waals surface area (Å²) < 4.78 is 16.7. The summed E-state index contributed by atoms with van der Waals surface area (Å²) in [4.78, 5) is 29.4. The molecule has 1 saturated carbocycles. The van der Waals surface area contributed by atoms with Gasteiger partial charge < -0.3 is 24.0 Å². The summed E-state index contributed by atoms with van der Waals surface area (Å²) >= 11 is 0. The number of ether oxygens (including phenoxy) is 3. The third-order valence-electron chi connectivity index (χ3n) is 8.52. The Bertz CT molecular complexity index is 694. The third kappa shape index (κ3) is 5.07. The first-order valence-corrected chi connectivity index (χ1v) is 12.9. The van der Waals surface area contributed by atoms with Gasteiger partial charge in [-0.25, -0.2) is 5.32 Å². The molecule has 1 amide bonds. The number of rotatable bonds is 7. The number of hydrogen-bond donors (Lipinski definition) is 3. The van der Waals surface area contributed by atoms with Crippen LogP contribution in [-0.2, 0) is 23.8 Å². The summed E-state index contributed by atoms with van der Waals surface area (Å²) in [6, 6.07) is 0. The standard InChI is InChI=1S/C24H42N4O5/c1-4-33-24(30)16-14-17-22(26-20-7-5-6-11-27(20)23(17)29)28(21(16)25)12-10-15-8-9-18(31-2)19(13-15)32-3/h15-22,26H,4-14,25H2,1-3H3/p+1. The van der Waals surface area contributed by atoms with E-state index in [1.165, 1.54) is 0 Å². The number of carbonyl (C=O) groups is 2. The zero-order chi connectivity index (χ0) is 23.5. The Morgan fingerprint density at radius 3 is 2.67 bits per heavy atom.